The molecule has 0 aromatic rings. The first-order valence-corrected chi connectivity index (χ1v) is 14.2. The lowest BCUT2D eigenvalue weighted by atomic mass is 9.92. The fraction of sp³-hybridized carbons (Fsp3) is 0.957. The van der Waals surface area contributed by atoms with Gasteiger partial charge in [-0.05, 0) is 44.9 Å². The Morgan fingerprint density at radius 3 is 2.48 bits per heavy atom. The van der Waals surface area contributed by atoms with Crippen molar-refractivity contribution >= 4 is 15.9 Å². The molecule has 33 heavy (non-hydrogen) atoms. The molecule has 1 atom stereocenters. The molecule has 1 amide bonds. The van der Waals surface area contributed by atoms with Crippen LogP contribution in [-0.2, 0) is 33.9 Å². The molecule has 3 aliphatic rings. The van der Waals surface area contributed by atoms with Crippen molar-refractivity contribution in [2.45, 2.75) is 88.6 Å². The molecule has 0 aliphatic carbocycles. The Morgan fingerprint density at radius 1 is 1.06 bits per heavy atom. The van der Waals surface area contributed by atoms with Gasteiger partial charge in [-0.3, -0.25) is 4.79 Å². The number of hydrogen-bond donors (Lipinski definition) is 1. The van der Waals surface area contributed by atoms with Crippen molar-refractivity contribution in [1.29, 1.82) is 0 Å². The zero-order valence-corrected chi connectivity index (χ0v) is 20.9. The molecule has 1 unspecified atom stereocenters. The summed E-state index contributed by atoms with van der Waals surface area (Å²) in [6.45, 7) is 5.59. The average molecular weight is 491 g/mol. The van der Waals surface area contributed by atoms with Crippen molar-refractivity contribution in [3.63, 3.8) is 0 Å². The number of hydroxylamine groups is 1. The molecular formula is C23H42N2O7S. The summed E-state index contributed by atoms with van der Waals surface area (Å²) in [5, 5.41) is 0. The van der Waals surface area contributed by atoms with E-state index in [-0.39, 0.29) is 26.1 Å². The van der Waals surface area contributed by atoms with Crippen LogP contribution in [0.2, 0.25) is 0 Å². The number of piperidine rings is 1. The van der Waals surface area contributed by atoms with Gasteiger partial charge in [0.1, 0.15) is 0 Å². The second-order valence-electron chi connectivity index (χ2n) is 9.35. The van der Waals surface area contributed by atoms with Gasteiger partial charge in [-0.15, -0.1) is 0 Å². The molecule has 3 aliphatic heterocycles. The van der Waals surface area contributed by atoms with Crippen molar-refractivity contribution in [2.24, 2.45) is 5.92 Å². The molecule has 3 fully saturated rings. The summed E-state index contributed by atoms with van der Waals surface area (Å²) in [5.74, 6) is -0.0637. The zero-order valence-electron chi connectivity index (χ0n) is 20.1. The van der Waals surface area contributed by atoms with Crippen LogP contribution in [-0.4, -0.2) is 75.8 Å². The molecule has 0 radical (unpaired) electrons. The van der Waals surface area contributed by atoms with Crippen LogP contribution in [0.1, 0.15) is 77.6 Å². The number of carbonyl (C=O) groups excluding carboxylic acids is 1. The average Bonchev–Trinajstić information content (AvgIpc) is 2.86. The largest absolute Gasteiger partial charge is 0.382 e. The Labute approximate surface area is 198 Å². The summed E-state index contributed by atoms with van der Waals surface area (Å²) in [7, 11) is -3.85. The van der Waals surface area contributed by atoms with Gasteiger partial charge in [0, 0.05) is 65.4 Å². The summed E-state index contributed by atoms with van der Waals surface area (Å²) in [5.41, 5.74) is 2.43. The highest BCUT2D eigenvalue weighted by molar-refractivity contribution is 7.91. The highest BCUT2D eigenvalue weighted by atomic mass is 32.2. The van der Waals surface area contributed by atoms with Gasteiger partial charge < -0.3 is 14.2 Å². The van der Waals surface area contributed by atoms with Crippen LogP contribution < -0.4 is 5.48 Å². The lowest BCUT2D eigenvalue weighted by Crippen LogP contribution is -2.61. The van der Waals surface area contributed by atoms with Gasteiger partial charge in [0.2, 0.25) is 10.0 Å². The fourth-order valence-electron chi connectivity index (χ4n) is 4.96. The smallest absolute Gasteiger partial charge is 0.266 e. The van der Waals surface area contributed by atoms with Gasteiger partial charge >= 0.3 is 0 Å². The SMILES string of the molecule is CCOCCCCCC1CCN(S(=O)(=O)C2(C(=O)NOC3CCCCO3)CCOCC2)CC1. The number of ether oxygens (including phenoxy) is 3. The van der Waals surface area contributed by atoms with E-state index in [1.165, 1.54) is 4.31 Å². The summed E-state index contributed by atoms with van der Waals surface area (Å²) in [6.07, 6.45) is 8.52. The normalized spacial score (nSPS) is 25.1. The number of unbranched alkanes of at least 4 members (excludes halogenated alkanes) is 2. The topological polar surface area (TPSA) is 103 Å². The second kappa shape index (κ2) is 13.3. The maximum atomic E-state index is 13.7. The van der Waals surface area contributed by atoms with Crippen molar-refractivity contribution < 1.29 is 32.3 Å². The third kappa shape index (κ3) is 7.11. The molecule has 3 rings (SSSR count). The van der Waals surface area contributed by atoms with E-state index in [2.05, 4.69) is 5.48 Å². The number of nitrogens with zero attached hydrogens (tertiary/aromatic N) is 1. The third-order valence-corrected chi connectivity index (χ3v) is 9.77. The minimum absolute atomic E-state index is 0.135. The van der Waals surface area contributed by atoms with E-state index in [0.717, 1.165) is 64.6 Å². The molecule has 0 spiro atoms. The van der Waals surface area contributed by atoms with E-state index in [1.54, 1.807) is 0 Å². The summed E-state index contributed by atoms with van der Waals surface area (Å²) < 4.78 is 43.7. The Balaban J connectivity index is 1.53. The molecule has 0 saturated carbocycles. The van der Waals surface area contributed by atoms with Crippen molar-refractivity contribution in [1.82, 2.24) is 9.79 Å². The molecule has 0 bridgehead atoms. The molecular weight excluding hydrogens is 448 g/mol. The number of sulfonamides is 1. The van der Waals surface area contributed by atoms with Gasteiger partial charge in [0.05, 0.1) is 0 Å². The minimum atomic E-state index is -3.85. The van der Waals surface area contributed by atoms with Gasteiger partial charge in [0.25, 0.3) is 5.91 Å². The predicted molar refractivity (Wildman–Crippen MR) is 124 cm³/mol. The number of amides is 1. The van der Waals surface area contributed by atoms with E-state index in [0.29, 0.717) is 32.0 Å². The van der Waals surface area contributed by atoms with E-state index in [1.807, 2.05) is 6.92 Å². The summed E-state index contributed by atoms with van der Waals surface area (Å²) >= 11 is 0. The predicted octanol–water partition coefficient (Wildman–Crippen LogP) is 2.75. The van der Waals surface area contributed by atoms with Crippen LogP contribution >= 0.6 is 0 Å². The van der Waals surface area contributed by atoms with Crippen LogP contribution in [0.3, 0.4) is 0 Å². The molecule has 0 aromatic carbocycles. The Morgan fingerprint density at radius 2 is 1.82 bits per heavy atom. The van der Waals surface area contributed by atoms with Crippen molar-refractivity contribution in [3.05, 3.63) is 0 Å². The molecule has 3 saturated heterocycles. The van der Waals surface area contributed by atoms with E-state index >= 15 is 0 Å². The maximum absolute atomic E-state index is 13.7. The Hall–Kier alpha value is -0.780. The number of rotatable bonds is 12. The number of hydrogen-bond acceptors (Lipinski definition) is 7. The molecule has 192 valence electrons. The van der Waals surface area contributed by atoms with Crippen molar-refractivity contribution in [2.75, 3.05) is 46.1 Å². The molecule has 9 nitrogen and oxygen atoms in total. The van der Waals surface area contributed by atoms with Crippen LogP contribution in [0.25, 0.3) is 0 Å². The standard InChI is InChI=1S/C23H42N2O7S/c1-2-29-16-6-3-4-8-20-10-14-25(15-11-20)33(27,28)23(12-18-30-19-13-23)22(26)24-32-21-9-5-7-17-31-21/h20-21H,2-19H2,1H3,(H,24,26). The lowest BCUT2D eigenvalue weighted by molar-refractivity contribution is -0.202. The van der Waals surface area contributed by atoms with E-state index in [4.69, 9.17) is 19.0 Å². The second-order valence-corrected chi connectivity index (χ2v) is 11.6. The molecule has 3 heterocycles. The van der Waals surface area contributed by atoms with Gasteiger partial charge in [0.15, 0.2) is 11.0 Å². The highest BCUT2D eigenvalue weighted by Crippen LogP contribution is 2.36. The maximum Gasteiger partial charge on any atom is 0.266 e. The van der Waals surface area contributed by atoms with Crippen LogP contribution in [0.15, 0.2) is 0 Å². The number of nitrogens with one attached hydrogen (secondary N) is 1. The van der Waals surface area contributed by atoms with Crippen LogP contribution in [0.4, 0.5) is 0 Å². The Bertz CT molecular complexity index is 683. The first-order chi connectivity index (χ1) is 16.0. The first kappa shape index (κ1) is 26.8. The Kier molecular flexibility index (Phi) is 10.8. The van der Waals surface area contributed by atoms with Gasteiger partial charge in [-0.25, -0.2) is 23.0 Å². The van der Waals surface area contributed by atoms with E-state index < -0.39 is 27.0 Å². The lowest BCUT2D eigenvalue weighted by Gasteiger charge is -2.41. The monoisotopic (exact) mass is 490 g/mol. The van der Waals surface area contributed by atoms with E-state index in [9.17, 15) is 13.2 Å². The quantitative estimate of drug-likeness (QED) is 0.331. The molecule has 0 aromatic heterocycles. The third-order valence-electron chi connectivity index (χ3n) is 7.15. The van der Waals surface area contributed by atoms with Gasteiger partial charge in [-0.1, -0.05) is 19.3 Å². The highest BCUT2D eigenvalue weighted by Gasteiger charge is 2.54. The first-order valence-electron chi connectivity index (χ1n) is 12.7. The zero-order chi connectivity index (χ0) is 23.6. The van der Waals surface area contributed by atoms with Crippen LogP contribution in [0, 0.1) is 5.92 Å². The summed E-state index contributed by atoms with van der Waals surface area (Å²) in [6, 6.07) is 0. The molecule has 10 heteroatoms. The molecule has 1 N–H and O–H groups in total. The van der Waals surface area contributed by atoms with Gasteiger partial charge in [-0.2, -0.15) is 0 Å². The minimum Gasteiger partial charge on any atom is -0.382 e. The van der Waals surface area contributed by atoms with Crippen molar-refractivity contribution in [3.8, 4) is 0 Å². The fourth-order valence-corrected chi connectivity index (χ4v) is 7.11. The number of carbonyl (C=O) groups is 1. The van der Waals surface area contributed by atoms with Crippen LogP contribution in [0.5, 0.6) is 0 Å². The summed E-state index contributed by atoms with van der Waals surface area (Å²) in [4.78, 5) is 18.6.